The lowest BCUT2D eigenvalue weighted by molar-refractivity contribution is 0.107. The summed E-state index contributed by atoms with van der Waals surface area (Å²) in [5.41, 5.74) is 9.39. The number of piperazine rings is 1. The van der Waals surface area contributed by atoms with E-state index in [0.717, 1.165) is 42.5 Å². The first-order valence-electron chi connectivity index (χ1n) is 16.2. The Hall–Kier alpha value is -3.64. The molecule has 0 spiro atoms. The van der Waals surface area contributed by atoms with E-state index in [2.05, 4.69) is 26.7 Å². The van der Waals surface area contributed by atoms with Gasteiger partial charge in [0.05, 0.1) is 11.6 Å². The Morgan fingerprint density at radius 3 is 2.84 bits per heavy atom. The molecule has 0 amide bonds. The van der Waals surface area contributed by atoms with Gasteiger partial charge < -0.3 is 25.4 Å². The fourth-order valence-corrected chi connectivity index (χ4v) is 8.97. The van der Waals surface area contributed by atoms with E-state index in [1.165, 1.54) is 0 Å². The van der Waals surface area contributed by atoms with Gasteiger partial charge in [-0.1, -0.05) is 12.2 Å². The summed E-state index contributed by atoms with van der Waals surface area (Å²) in [5.74, 6) is 0.908. The predicted octanol–water partition coefficient (Wildman–Crippen LogP) is 4.21. The molecule has 1 saturated carbocycles. The molecule has 10 nitrogen and oxygen atoms in total. The van der Waals surface area contributed by atoms with Crippen LogP contribution in [-0.4, -0.2) is 87.0 Å². The van der Waals surface area contributed by atoms with Crippen LogP contribution in [-0.2, 0) is 0 Å². The molecule has 12 heteroatoms. The number of nitrogens with one attached hydrogen (secondary N) is 1. The summed E-state index contributed by atoms with van der Waals surface area (Å²) in [5, 5.41) is 4.19. The smallest absolute Gasteiger partial charge is 0.319 e. The topological polar surface area (TPSA) is 115 Å². The van der Waals surface area contributed by atoms with Crippen molar-refractivity contribution >= 4 is 22.5 Å². The standard InChI is InChI=1S/C33H38F2N8O2/c1-15-9-33(10-19(34)12-42(33)11-15)14-44-32-40-28-25-30(41-32)43-13-20-6-7-22(38-20)29(43)17(3)45-31(25)39-27(26(28)35)21-8-23(36)37-16(2)24(21)18-4-5-18/h8,17-20,22,29,38H,1,4-7,9-14H2,2-3H3,(H2,36,37)/t17-,19+,20+,22-,29+,33?/m0/s1. The molecule has 5 aliphatic heterocycles. The maximum Gasteiger partial charge on any atom is 0.319 e. The Kier molecular flexibility index (Phi) is 5.95. The maximum absolute atomic E-state index is 17.0. The number of hydrogen-bond donors (Lipinski definition) is 2. The normalized spacial score (nSPS) is 32.0. The number of alkyl halides is 1. The summed E-state index contributed by atoms with van der Waals surface area (Å²) in [4.78, 5) is 23.4. The highest BCUT2D eigenvalue weighted by Crippen LogP contribution is 2.49. The number of nitrogens with two attached hydrogens (primary N) is 1. The number of anilines is 2. The first-order chi connectivity index (χ1) is 21.7. The Labute approximate surface area is 260 Å². The van der Waals surface area contributed by atoms with Gasteiger partial charge in [-0.05, 0) is 63.5 Å². The Bertz CT molecular complexity index is 1770. The van der Waals surface area contributed by atoms with Crippen LogP contribution in [0.5, 0.6) is 11.9 Å². The van der Waals surface area contributed by atoms with Crippen molar-refractivity contribution in [3.8, 4) is 23.1 Å². The van der Waals surface area contributed by atoms with E-state index in [1.807, 2.05) is 13.8 Å². The zero-order valence-electron chi connectivity index (χ0n) is 25.7. The minimum Gasteiger partial charge on any atom is -0.472 e. The van der Waals surface area contributed by atoms with E-state index in [-0.39, 0.29) is 47.9 Å². The number of halogens is 2. The molecule has 45 heavy (non-hydrogen) atoms. The minimum absolute atomic E-state index is 0.0365. The quantitative estimate of drug-likeness (QED) is 0.404. The summed E-state index contributed by atoms with van der Waals surface area (Å²) in [7, 11) is 0. The van der Waals surface area contributed by atoms with Crippen LogP contribution in [0.2, 0.25) is 0 Å². The van der Waals surface area contributed by atoms with E-state index >= 15 is 4.39 Å². The highest BCUT2D eigenvalue weighted by atomic mass is 19.1. The number of aryl methyl sites for hydroxylation is 1. The molecule has 9 rings (SSSR count). The maximum atomic E-state index is 17.0. The van der Waals surface area contributed by atoms with Crippen LogP contribution in [0.3, 0.4) is 0 Å². The van der Waals surface area contributed by atoms with Crippen LogP contribution in [0, 0.1) is 12.7 Å². The summed E-state index contributed by atoms with van der Waals surface area (Å²) >= 11 is 0. The molecule has 236 valence electrons. The summed E-state index contributed by atoms with van der Waals surface area (Å²) in [6.45, 7) is 10.0. The van der Waals surface area contributed by atoms with E-state index in [9.17, 15) is 4.39 Å². The third-order valence-electron chi connectivity index (χ3n) is 10.9. The lowest BCUT2D eigenvalue weighted by Gasteiger charge is -2.42. The number of ether oxygens (including phenoxy) is 2. The third kappa shape index (κ3) is 4.24. The van der Waals surface area contributed by atoms with Gasteiger partial charge in [-0.25, -0.2) is 18.7 Å². The average Bonchev–Trinajstić information content (AvgIpc) is 3.62. The molecule has 5 fully saturated rings. The molecular formula is C33H38F2N8O2. The molecule has 4 saturated heterocycles. The number of aromatic nitrogens is 4. The van der Waals surface area contributed by atoms with E-state index in [1.54, 1.807) is 6.07 Å². The van der Waals surface area contributed by atoms with E-state index in [0.29, 0.717) is 67.0 Å². The van der Waals surface area contributed by atoms with Gasteiger partial charge in [0.1, 0.15) is 47.1 Å². The van der Waals surface area contributed by atoms with Crippen LogP contribution in [0.4, 0.5) is 20.4 Å². The van der Waals surface area contributed by atoms with Gasteiger partial charge in [0, 0.05) is 49.4 Å². The Morgan fingerprint density at radius 2 is 2.02 bits per heavy atom. The summed E-state index contributed by atoms with van der Waals surface area (Å²) < 4.78 is 44.6. The Morgan fingerprint density at radius 1 is 1.18 bits per heavy atom. The number of rotatable bonds is 5. The zero-order valence-corrected chi connectivity index (χ0v) is 25.7. The van der Waals surface area contributed by atoms with Gasteiger partial charge in [-0.2, -0.15) is 9.97 Å². The van der Waals surface area contributed by atoms with E-state index < -0.39 is 17.5 Å². The molecule has 1 aliphatic carbocycles. The first-order valence-corrected chi connectivity index (χ1v) is 16.2. The molecule has 0 aromatic carbocycles. The van der Waals surface area contributed by atoms with Crippen molar-refractivity contribution in [2.75, 3.05) is 36.9 Å². The lowest BCUT2D eigenvalue weighted by atomic mass is 9.93. The highest BCUT2D eigenvalue weighted by Gasteiger charge is 2.51. The van der Waals surface area contributed by atoms with Crippen molar-refractivity contribution in [3.63, 3.8) is 0 Å². The van der Waals surface area contributed by atoms with Crippen molar-refractivity contribution in [2.45, 2.75) is 94.2 Å². The van der Waals surface area contributed by atoms with Gasteiger partial charge >= 0.3 is 6.01 Å². The van der Waals surface area contributed by atoms with E-state index in [4.69, 9.17) is 30.2 Å². The molecule has 2 bridgehead atoms. The zero-order chi connectivity index (χ0) is 30.8. The van der Waals surface area contributed by atoms with Gasteiger partial charge in [-0.15, -0.1) is 0 Å². The van der Waals surface area contributed by atoms with Crippen LogP contribution in [0.1, 0.15) is 62.6 Å². The molecule has 3 N–H and O–H groups in total. The van der Waals surface area contributed by atoms with Gasteiger partial charge in [0.2, 0.25) is 5.88 Å². The molecular weight excluding hydrogens is 578 g/mol. The number of pyridine rings is 2. The second-order valence-corrected chi connectivity index (χ2v) is 14.1. The average molecular weight is 617 g/mol. The predicted molar refractivity (Wildman–Crippen MR) is 166 cm³/mol. The number of nitrogens with zero attached hydrogens (tertiary/aromatic N) is 6. The number of hydrogen-bond acceptors (Lipinski definition) is 10. The molecule has 3 aromatic heterocycles. The number of fused-ring (bicyclic) bond motifs is 6. The monoisotopic (exact) mass is 616 g/mol. The van der Waals surface area contributed by atoms with Crippen molar-refractivity contribution in [2.24, 2.45) is 0 Å². The fraction of sp³-hybridized carbons (Fsp3) is 0.576. The SMILES string of the molecule is C=C1CN2C[C@H](F)CC2(COc2nc3c4c(nc(-c5cc(N)nc(C)c5C5CC5)c(F)c4n2)O[C@@H](C)[C@@H]2[C@@H]4CC[C@H](CN32)N4)C1. The Balaban J connectivity index is 1.22. The third-order valence-corrected chi connectivity index (χ3v) is 10.9. The number of nitrogen functional groups attached to an aromatic ring is 1. The van der Waals surface area contributed by atoms with Crippen molar-refractivity contribution in [1.82, 2.24) is 30.2 Å². The highest BCUT2D eigenvalue weighted by molar-refractivity contribution is 5.97. The largest absolute Gasteiger partial charge is 0.472 e. The molecule has 3 aromatic rings. The molecule has 6 aliphatic rings. The second kappa shape index (κ2) is 9.68. The molecule has 1 unspecified atom stereocenters. The van der Waals surface area contributed by atoms with Crippen LogP contribution in [0.25, 0.3) is 22.2 Å². The van der Waals surface area contributed by atoms with Gasteiger partial charge in [0.25, 0.3) is 0 Å². The van der Waals surface area contributed by atoms with Gasteiger partial charge in [0.15, 0.2) is 5.82 Å². The van der Waals surface area contributed by atoms with Crippen molar-refractivity contribution < 1.29 is 18.3 Å². The molecule has 0 radical (unpaired) electrons. The first kappa shape index (κ1) is 27.7. The van der Waals surface area contributed by atoms with Crippen molar-refractivity contribution in [3.05, 3.63) is 35.3 Å². The lowest BCUT2D eigenvalue weighted by Crippen LogP contribution is -2.62. The fourth-order valence-electron chi connectivity index (χ4n) is 8.97. The molecule has 8 heterocycles. The van der Waals surface area contributed by atoms with Crippen molar-refractivity contribution in [1.29, 1.82) is 0 Å². The molecule has 6 atom stereocenters. The minimum atomic E-state index is -0.926. The van der Waals surface area contributed by atoms with Gasteiger partial charge in [-0.3, -0.25) is 4.90 Å². The second-order valence-electron chi connectivity index (χ2n) is 14.1. The van der Waals surface area contributed by atoms with Crippen LogP contribution in [0.15, 0.2) is 18.2 Å². The summed E-state index contributed by atoms with van der Waals surface area (Å²) in [6.07, 6.45) is 3.94. The van der Waals surface area contributed by atoms with Crippen LogP contribution < -0.4 is 25.4 Å². The van der Waals surface area contributed by atoms with Crippen LogP contribution >= 0.6 is 0 Å². The summed E-state index contributed by atoms with van der Waals surface area (Å²) in [6, 6.07) is 2.25.